The number of aryl methyl sites for hydroxylation is 1. The van der Waals surface area contributed by atoms with E-state index in [2.05, 4.69) is 45.0 Å². The summed E-state index contributed by atoms with van der Waals surface area (Å²) in [6.07, 6.45) is -3.28. The molecule has 2 amide bonds. The van der Waals surface area contributed by atoms with Crippen LogP contribution in [-0.4, -0.2) is 31.7 Å². The Morgan fingerprint density at radius 3 is 2.45 bits per heavy atom. The minimum absolute atomic E-state index is 0.282. The molecule has 1 N–H and O–H groups in total. The summed E-state index contributed by atoms with van der Waals surface area (Å²) in [7, 11) is 0. The van der Waals surface area contributed by atoms with E-state index in [0.29, 0.717) is 22.2 Å². The molecule has 0 aliphatic rings. The van der Waals surface area contributed by atoms with Crippen molar-refractivity contribution in [3.05, 3.63) is 106 Å². The second-order valence-electron chi connectivity index (χ2n) is 9.73. The predicted octanol–water partition coefficient (Wildman–Crippen LogP) is 6.93. The van der Waals surface area contributed by atoms with E-state index >= 15 is 0 Å². The van der Waals surface area contributed by atoms with Crippen LogP contribution in [0.15, 0.2) is 89.5 Å². The van der Waals surface area contributed by atoms with Gasteiger partial charge in [0.2, 0.25) is 0 Å². The molecule has 2 heterocycles. The molecule has 0 atom stereocenters. The number of nitrogens with zero attached hydrogens (tertiary/aromatic N) is 5. The number of nitrogens with one attached hydrogen (secondary N) is 1. The van der Waals surface area contributed by atoms with Gasteiger partial charge in [0.1, 0.15) is 12.1 Å². The van der Waals surface area contributed by atoms with Crippen LogP contribution in [0.2, 0.25) is 0 Å². The number of carbonyl (C=O) groups is 1. The summed E-state index contributed by atoms with van der Waals surface area (Å²) in [6, 6.07) is 20.4. The molecule has 12 heteroatoms. The van der Waals surface area contributed by atoms with E-state index < -0.39 is 12.4 Å². The van der Waals surface area contributed by atoms with Gasteiger partial charge < -0.3 is 10.1 Å². The SMILES string of the molecule is Cc1csc(=NC(=O)NCc2ccc(-c3ncn(-c4ccc(OC(F)(F)F)cc4)n3)cc2)n1-c1ccccc1C(C)C. The molecule has 0 unspecified atom stereocenters. The zero-order valence-corrected chi connectivity index (χ0v) is 23.8. The van der Waals surface area contributed by atoms with Gasteiger partial charge in [-0.15, -0.1) is 29.6 Å². The van der Waals surface area contributed by atoms with Crippen LogP contribution in [0.3, 0.4) is 0 Å². The smallest absolute Gasteiger partial charge is 0.406 e. The van der Waals surface area contributed by atoms with Crippen molar-refractivity contribution >= 4 is 17.4 Å². The van der Waals surface area contributed by atoms with Gasteiger partial charge >= 0.3 is 12.4 Å². The first-order chi connectivity index (χ1) is 20.1. The highest BCUT2D eigenvalue weighted by Gasteiger charge is 2.31. The fourth-order valence-corrected chi connectivity index (χ4v) is 5.20. The standard InChI is InChI=1S/C30H27F3N6O2S/c1-19(2)25-6-4-5-7-26(25)39-20(3)17-42-29(39)36-28(40)34-16-21-8-10-22(11-9-21)27-35-18-38(37-27)23-12-14-24(15-13-23)41-30(31,32)33/h4-15,17-19H,16H2,1-3H3,(H,34,40). The molecule has 216 valence electrons. The van der Waals surface area contributed by atoms with Crippen molar-refractivity contribution in [3.8, 4) is 28.5 Å². The van der Waals surface area contributed by atoms with E-state index in [-0.39, 0.29) is 12.3 Å². The Morgan fingerprint density at radius 1 is 1.05 bits per heavy atom. The molecule has 0 spiro atoms. The first kappa shape index (κ1) is 28.8. The highest BCUT2D eigenvalue weighted by molar-refractivity contribution is 7.07. The second kappa shape index (κ2) is 12.0. The van der Waals surface area contributed by atoms with Crippen molar-refractivity contribution < 1.29 is 22.7 Å². The highest BCUT2D eigenvalue weighted by Crippen LogP contribution is 2.25. The topological polar surface area (TPSA) is 86.3 Å². The lowest BCUT2D eigenvalue weighted by Gasteiger charge is -2.14. The van der Waals surface area contributed by atoms with Crippen molar-refractivity contribution in [2.24, 2.45) is 4.99 Å². The van der Waals surface area contributed by atoms with E-state index in [0.717, 1.165) is 22.5 Å². The molecule has 0 radical (unpaired) electrons. The van der Waals surface area contributed by atoms with E-state index in [1.54, 1.807) is 0 Å². The Kier molecular flexibility index (Phi) is 8.25. The molecule has 5 aromatic rings. The number of urea groups is 1. The van der Waals surface area contributed by atoms with Gasteiger partial charge in [-0.1, -0.05) is 56.3 Å². The number of rotatable bonds is 7. The van der Waals surface area contributed by atoms with E-state index in [4.69, 9.17) is 0 Å². The molecule has 2 aromatic heterocycles. The monoisotopic (exact) mass is 592 g/mol. The molecular formula is C30H27F3N6O2S. The maximum absolute atomic E-state index is 12.7. The van der Waals surface area contributed by atoms with Crippen LogP contribution in [0.1, 0.15) is 36.6 Å². The van der Waals surface area contributed by atoms with Crippen molar-refractivity contribution in [1.29, 1.82) is 0 Å². The third-order valence-electron chi connectivity index (χ3n) is 6.36. The van der Waals surface area contributed by atoms with Crippen molar-refractivity contribution in [2.45, 2.75) is 39.6 Å². The third-order valence-corrected chi connectivity index (χ3v) is 7.30. The molecule has 0 fully saturated rings. The fourth-order valence-electron chi connectivity index (χ4n) is 4.34. The number of para-hydroxylation sites is 1. The average Bonchev–Trinajstić information content (AvgIpc) is 3.59. The van der Waals surface area contributed by atoms with Gasteiger partial charge in [0, 0.05) is 23.2 Å². The predicted molar refractivity (Wildman–Crippen MR) is 154 cm³/mol. The Balaban J connectivity index is 1.24. The second-order valence-corrected chi connectivity index (χ2v) is 10.6. The van der Waals surface area contributed by atoms with Crippen LogP contribution in [0.25, 0.3) is 22.8 Å². The summed E-state index contributed by atoms with van der Waals surface area (Å²) in [4.78, 5) is 22.0. The van der Waals surface area contributed by atoms with Crippen molar-refractivity contribution in [2.75, 3.05) is 0 Å². The first-order valence-electron chi connectivity index (χ1n) is 13.0. The summed E-state index contributed by atoms with van der Waals surface area (Å²) < 4.78 is 44.5. The Hall–Kier alpha value is -4.71. The molecule has 0 aliphatic carbocycles. The summed E-state index contributed by atoms with van der Waals surface area (Å²) in [5, 5.41) is 9.24. The minimum Gasteiger partial charge on any atom is -0.406 e. The Morgan fingerprint density at radius 2 is 1.76 bits per heavy atom. The molecule has 0 bridgehead atoms. The zero-order chi connectivity index (χ0) is 29.9. The van der Waals surface area contributed by atoms with Crippen LogP contribution in [0.4, 0.5) is 18.0 Å². The number of ether oxygens (including phenoxy) is 1. The lowest BCUT2D eigenvalue weighted by atomic mass is 10.0. The number of carbonyl (C=O) groups excluding carboxylic acids is 1. The van der Waals surface area contributed by atoms with Crippen LogP contribution < -0.4 is 14.9 Å². The van der Waals surface area contributed by atoms with Gasteiger partial charge in [0.15, 0.2) is 10.6 Å². The lowest BCUT2D eigenvalue weighted by Crippen LogP contribution is -2.24. The zero-order valence-electron chi connectivity index (χ0n) is 23.0. The lowest BCUT2D eigenvalue weighted by molar-refractivity contribution is -0.274. The molecule has 8 nitrogen and oxygen atoms in total. The number of alkyl halides is 3. The van der Waals surface area contributed by atoms with Crippen LogP contribution in [0.5, 0.6) is 5.75 Å². The number of hydrogen-bond acceptors (Lipinski definition) is 5. The number of halogens is 3. The van der Waals surface area contributed by atoms with Gasteiger partial charge in [-0.2, -0.15) is 4.99 Å². The maximum Gasteiger partial charge on any atom is 0.573 e. The molecule has 0 saturated heterocycles. The Labute approximate surface area is 243 Å². The molecular weight excluding hydrogens is 565 g/mol. The molecule has 42 heavy (non-hydrogen) atoms. The third kappa shape index (κ3) is 6.77. The van der Waals surface area contributed by atoms with Gasteiger partial charge in [-0.3, -0.25) is 4.57 Å². The normalized spacial score (nSPS) is 12.1. The number of aromatic nitrogens is 4. The van der Waals surface area contributed by atoms with Gasteiger partial charge in [0.05, 0.1) is 11.4 Å². The largest absolute Gasteiger partial charge is 0.573 e. The van der Waals surface area contributed by atoms with Gasteiger partial charge in [-0.05, 0) is 54.3 Å². The summed E-state index contributed by atoms with van der Waals surface area (Å²) in [5.74, 6) is 0.439. The molecule has 0 saturated carbocycles. The van der Waals surface area contributed by atoms with Crippen molar-refractivity contribution in [1.82, 2.24) is 24.6 Å². The summed E-state index contributed by atoms with van der Waals surface area (Å²) in [6.45, 7) is 6.55. The number of benzene rings is 3. The average molecular weight is 593 g/mol. The Bertz CT molecular complexity index is 1750. The number of thiazole rings is 1. The maximum atomic E-state index is 12.7. The molecule has 3 aromatic carbocycles. The van der Waals surface area contributed by atoms with Crippen LogP contribution in [0, 0.1) is 6.92 Å². The van der Waals surface area contributed by atoms with E-state index in [1.165, 1.54) is 52.2 Å². The summed E-state index contributed by atoms with van der Waals surface area (Å²) >= 11 is 1.41. The molecule has 5 rings (SSSR count). The van der Waals surface area contributed by atoms with Crippen molar-refractivity contribution in [3.63, 3.8) is 0 Å². The number of amides is 2. The summed E-state index contributed by atoms with van der Waals surface area (Å²) in [5.41, 5.74) is 5.32. The van der Waals surface area contributed by atoms with Gasteiger partial charge in [0.25, 0.3) is 0 Å². The van der Waals surface area contributed by atoms with E-state index in [9.17, 15) is 18.0 Å². The quantitative estimate of drug-likeness (QED) is 0.222. The number of hydrogen-bond donors (Lipinski definition) is 1. The van der Waals surface area contributed by atoms with E-state index in [1.807, 2.05) is 59.3 Å². The highest BCUT2D eigenvalue weighted by atomic mass is 32.1. The van der Waals surface area contributed by atoms with Gasteiger partial charge in [-0.25, -0.2) is 14.5 Å². The van der Waals surface area contributed by atoms with Crippen LogP contribution >= 0.6 is 11.3 Å². The fraction of sp³-hybridized carbons (Fsp3) is 0.200. The molecule has 0 aliphatic heterocycles. The van der Waals surface area contributed by atoms with Crippen LogP contribution in [-0.2, 0) is 6.54 Å². The first-order valence-corrected chi connectivity index (χ1v) is 13.9. The minimum atomic E-state index is -4.75.